The Bertz CT molecular complexity index is 482. The minimum Gasteiger partial charge on any atom is -0.497 e. The molecule has 0 spiro atoms. The topological polar surface area (TPSA) is 34.1 Å². The Hall–Kier alpha value is -1.87. The van der Waals surface area contributed by atoms with Crippen molar-refractivity contribution >= 4 is 0 Å². The number of nitrogens with zero attached hydrogens (tertiary/aromatic N) is 1. The maximum atomic E-state index is 5.16. The summed E-state index contributed by atoms with van der Waals surface area (Å²) in [7, 11) is 1.69. The molecule has 0 saturated heterocycles. The van der Waals surface area contributed by atoms with Crippen molar-refractivity contribution in [1.82, 2.24) is 10.3 Å². The Labute approximate surface area is 114 Å². The lowest BCUT2D eigenvalue weighted by Crippen LogP contribution is -2.21. The maximum Gasteiger partial charge on any atom is 0.118 e. The van der Waals surface area contributed by atoms with E-state index in [0.29, 0.717) is 6.04 Å². The number of benzene rings is 1. The molecule has 1 unspecified atom stereocenters. The molecule has 2 aromatic rings. The van der Waals surface area contributed by atoms with Crippen LogP contribution in [0.5, 0.6) is 5.75 Å². The second kappa shape index (κ2) is 6.90. The minimum absolute atomic E-state index is 0.336. The van der Waals surface area contributed by atoms with E-state index in [2.05, 4.69) is 35.4 Å². The van der Waals surface area contributed by atoms with Crippen LogP contribution in [0, 0.1) is 0 Å². The van der Waals surface area contributed by atoms with Gasteiger partial charge in [0, 0.05) is 18.4 Å². The molecule has 0 radical (unpaired) electrons. The SMILES string of the molecule is COc1ccc(C(C)NCCc2cccnc2)cc1. The Morgan fingerprint density at radius 2 is 2.00 bits per heavy atom. The molecule has 3 heteroatoms. The van der Waals surface area contributed by atoms with Crippen LogP contribution in [-0.2, 0) is 6.42 Å². The van der Waals surface area contributed by atoms with Gasteiger partial charge < -0.3 is 10.1 Å². The second-order valence-corrected chi connectivity index (χ2v) is 4.56. The van der Waals surface area contributed by atoms with Gasteiger partial charge in [0.15, 0.2) is 0 Å². The lowest BCUT2D eigenvalue weighted by molar-refractivity contribution is 0.414. The fourth-order valence-corrected chi connectivity index (χ4v) is 1.99. The number of ether oxygens (including phenoxy) is 1. The van der Waals surface area contributed by atoms with Gasteiger partial charge in [0.1, 0.15) is 5.75 Å². The summed E-state index contributed by atoms with van der Waals surface area (Å²) in [6.45, 7) is 3.12. The predicted octanol–water partition coefficient (Wildman–Crippen LogP) is 2.98. The van der Waals surface area contributed by atoms with Gasteiger partial charge in [-0.15, -0.1) is 0 Å². The van der Waals surface area contributed by atoms with Gasteiger partial charge in [0.2, 0.25) is 0 Å². The highest BCUT2D eigenvalue weighted by molar-refractivity contribution is 5.28. The quantitative estimate of drug-likeness (QED) is 0.862. The molecule has 1 heterocycles. The normalized spacial score (nSPS) is 12.1. The second-order valence-electron chi connectivity index (χ2n) is 4.56. The Morgan fingerprint density at radius 1 is 1.21 bits per heavy atom. The molecular formula is C16H20N2O. The molecule has 0 amide bonds. The minimum atomic E-state index is 0.336. The van der Waals surface area contributed by atoms with E-state index in [9.17, 15) is 0 Å². The van der Waals surface area contributed by atoms with Gasteiger partial charge in [-0.05, 0) is 49.2 Å². The van der Waals surface area contributed by atoms with Crippen molar-refractivity contribution in [3.63, 3.8) is 0 Å². The van der Waals surface area contributed by atoms with E-state index in [1.54, 1.807) is 13.3 Å². The van der Waals surface area contributed by atoms with Crippen LogP contribution in [0.4, 0.5) is 0 Å². The molecule has 3 nitrogen and oxygen atoms in total. The van der Waals surface area contributed by atoms with Gasteiger partial charge in [0.05, 0.1) is 7.11 Å². The van der Waals surface area contributed by atoms with Crippen LogP contribution < -0.4 is 10.1 Å². The zero-order chi connectivity index (χ0) is 13.5. The van der Waals surface area contributed by atoms with Crippen molar-refractivity contribution in [2.24, 2.45) is 0 Å². The van der Waals surface area contributed by atoms with E-state index >= 15 is 0 Å². The molecule has 0 aliphatic heterocycles. The highest BCUT2D eigenvalue weighted by Crippen LogP contribution is 2.17. The van der Waals surface area contributed by atoms with Crippen LogP contribution in [0.1, 0.15) is 24.1 Å². The van der Waals surface area contributed by atoms with Gasteiger partial charge >= 0.3 is 0 Å². The highest BCUT2D eigenvalue weighted by atomic mass is 16.5. The number of nitrogens with one attached hydrogen (secondary N) is 1. The van der Waals surface area contributed by atoms with E-state index in [0.717, 1.165) is 18.7 Å². The standard InChI is InChI=1S/C16H20N2O/c1-13(15-5-7-16(19-2)8-6-15)18-11-9-14-4-3-10-17-12-14/h3-8,10,12-13,18H,9,11H2,1-2H3. The molecule has 19 heavy (non-hydrogen) atoms. The molecule has 1 atom stereocenters. The molecule has 0 bridgehead atoms. The molecule has 0 saturated carbocycles. The zero-order valence-electron chi connectivity index (χ0n) is 11.5. The summed E-state index contributed by atoms with van der Waals surface area (Å²) in [5.74, 6) is 0.895. The molecular weight excluding hydrogens is 236 g/mol. The summed E-state index contributed by atoms with van der Waals surface area (Å²) in [6.07, 6.45) is 4.71. The van der Waals surface area contributed by atoms with Crippen molar-refractivity contribution in [3.05, 3.63) is 59.9 Å². The first kappa shape index (κ1) is 13.6. The fraction of sp³-hybridized carbons (Fsp3) is 0.312. The monoisotopic (exact) mass is 256 g/mol. The summed E-state index contributed by atoms with van der Waals surface area (Å²) < 4.78 is 5.16. The summed E-state index contributed by atoms with van der Waals surface area (Å²) in [4.78, 5) is 4.12. The first-order chi connectivity index (χ1) is 9.29. The van der Waals surface area contributed by atoms with Gasteiger partial charge in [-0.1, -0.05) is 18.2 Å². The van der Waals surface area contributed by atoms with Crippen LogP contribution >= 0.6 is 0 Å². The molecule has 1 N–H and O–H groups in total. The van der Waals surface area contributed by atoms with Crippen molar-refractivity contribution in [1.29, 1.82) is 0 Å². The first-order valence-electron chi connectivity index (χ1n) is 6.56. The average molecular weight is 256 g/mol. The molecule has 0 aliphatic carbocycles. The van der Waals surface area contributed by atoms with Gasteiger partial charge in [-0.3, -0.25) is 4.98 Å². The van der Waals surface area contributed by atoms with Crippen molar-refractivity contribution in [2.75, 3.05) is 13.7 Å². The third-order valence-electron chi connectivity index (χ3n) is 3.20. The number of hydrogen-bond donors (Lipinski definition) is 1. The van der Waals surface area contributed by atoms with Crippen molar-refractivity contribution < 1.29 is 4.74 Å². The Balaban J connectivity index is 1.82. The highest BCUT2D eigenvalue weighted by Gasteiger charge is 2.04. The lowest BCUT2D eigenvalue weighted by Gasteiger charge is -2.14. The smallest absolute Gasteiger partial charge is 0.118 e. The zero-order valence-corrected chi connectivity index (χ0v) is 11.5. The molecule has 0 aliphatic rings. The van der Waals surface area contributed by atoms with Crippen LogP contribution in [0.3, 0.4) is 0 Å². The van der Waals surface area contributed by atoms with Crippen LogP contribution in [0.2, 0.25) is 0 Å². The lowest BCUT2D eigenvalue weighted by atomic mass is 10.1. The first-order valence-corrected chi connectivity index (χ1v) is 6.56. The molecule has 1 aromatic heterocycles. The molecule has 1 aromatic carbocycles. The number of aromatic nitrogens is 1. The number of rotatable bonds is 6. The van der Waals surface area contributed by atoms with E-state index in [1.165, 1.54) is 11.1 Å². The average Bonchev–Trinajstić information content (AvgIpc) is 2.48. The van der Waals surface area contributed by atoms with E-state index < -0.39 is 0 Å². The largest absolute Gasteiger partial charge is 0.497 e. The number of methoxy groups -OCH3 is 1. The Kier molecular flexibility index (Phi) is 4.93. The van der Waals surface area contributed by atoms with Gasteiger partial charge in [-0.2, -0.15) is 0 Å². The van der Waals surface area contributed by atoms with Crippen LogP contribution in [-0.4, -0.2) is 18.6 Å². The van der Waals surface area contributed by atoms with Crippen LogP contribution in [0.15, 0.2) is 48.8 Å². The summed E-state index contributed by atoms with van der Waals surface area (Å²) in [5, 5.41) is 3.52. The third-order valence-corrected chi connectivity index (χ3v) is 3.20. The van der Waals surface area contributed by atoms with Gasteiger partial charge in [0.25, 0.3) is 0 Å². The molecule has 100 valence electrons. The van der Waals surface area contributed by atoms with E-state index in [-0.39, 0.29) is 0 Å². The van der Waals surface area contributed by atoms with E-state index in [4.69, 9.17) is 4.74 Å². The maximum absolute atomic E-state index is 5.16. The number of pyridine rings is 1. The van der Waals surface area contributed by atoms with Gasteiger partial charge in [-0.25, -0.2) is 0 Å². The number of hydrogen-bond acceptors (Lipinski definition) is 3. The summed E-state index contributed by atoms with van der Waals surface area (Å²) in [6, 6.07) is 12.6. The predicted molar refractivity (Wildman–Crippen MR) is 77.4 cm³/mol. The van der Waals surface area contributed by atoms with E-state index in [1.807, 2.05) is 24.4 Å². The Morgan fingerprint density at radius 3 is 2.63 bits per heavy atom. The fourth-order valence-electron chi connectivity index (χ4n) is 1.99. The summed E-state index contributed by atoms with van der Waals surface area (Å²) in [5.41, 5.74) is 2.53. The third kappa shape index (κ3) is 4.07. The van der Waals surface area contributed by atoms with Crippen molar-refractivity contribution in [3.8, 4) is 5.75 Å². The molecule has 0 fully saturated rings. The van der Waals surface area contributed by atoms with Crippen molar-refractivity contribution in [2.45, 2.75) is 19.4 Å². The van der Waals surface area contributed by atoms with Crippen LogP contribution in [0.25, 0.3) is 0 Å². The molecule has 2 rings (SSSR count). The summed E-state index contributed by atoms with van der Waals surface area (Å²) >= 11 is 0.